The van der Waals surface area contributed by atoms with Gasteiger partial charge in [0.25, 0.3) is 15.9 Å². The maximum absolute atomic E-state index is 13.0. The Bertz CT molecular complexity index is 1280. The lowest BCUT2D eigenvalue weighted by Gasteiger charge is -2.29. The molecule has 12 heteroatoms. The number of anilines is 2. The number of aryl methyl sites for hydroxylation is 1. The van der Waals surface area contributed by atoms with Crippen molar-refractivity contribution in [2.24, 2.45) is 0 Å². The van der Waals surface area contributed by atoms with Gasteiger partial charge in [0.2, 0.25) is 5.89 Å². The molecule has 32 heavy (non-hydrogen) atoms. The molecule has 1 aromatic heterocycles. The number of fused-ring (bicyclic) bond motifs is 1. The Labute approximate surface area is 189 Å². The highest BCUT2D eigenvalue weighted by Gasteiger charge is 2.31. The van der Waals surface area contributed by atoms with Crippen molar-refractivity contribution in [1.82, 2.24) is 10.1 Å². The van der Waals surface area contributed by atoms with E-state index in [1.807, 2.05) is 6.92 Å². The van der Waals surface area contributed by atoms with Crippen LogP contribution in [0.3, 0.4) is 0 Å². The number of halogens is 1. The van der Waals surface area contributed by atoms with Gasteiger partial charge in [-0.3, -0.25) is 14.4 Å². The largest absolute Gasteiger partial charge is 0.497 e. The van der Waals surface area contributed by atoms with Crippen LogP contribution in [0.5, 0.6) is 11.5 Å². The average Bonchev–Trinajstić information content (AvgIpc) is 3.23. The fraction of sp³-hybridized carbons (Fsp3) is 0.250. The highest BCUT2D eigenvalue weighted by molar-refractivity contribution is 7.92. The minimum atomic E-state index is -4.05. The van der Waals surface area contributed by atoms with Crippen molar-refractivity contribution in [2.45, 2.75) is 24.8 Å². The van der Waals surface area contributed by atoms with Gasteiger partial charge in [-0.25, -0.2) is 8.42 Å². The van der Waals surface area contributed by atoms with Gasteiger partial charge in [0.05, 0.1) is 30.1 Å². The molecule has 0 spiro atoms. The first-order valence-corrected chi connectivity index (χ1v) is 11.4. The van der Waals surface area contributed by atoms with E-state index < -0.39 is 10.0 Å². The lowest BCUT2D eigenvalue weighted by Crippen LogP contribution is -2.38. The van der Waals surface area contributed by atoms with Crippen molar-refractivity contribution in [1.29, 1.82) is 0 Å². The molecule has 2 aromatic carbocycles. The molecule has 0 aliphatic carbocycles. The SMILES string of the molecule is CCc1nc(CN2C(=O)COc3cc(S(=O)(=O)Nc4cccc(OC)c4)c(Cl)cc32)no1. The summed E-state index contributed by atoms with van der Waals surface area (Å²) < 4.78 is 44.1. The molecular weight excluding hydrogens is 460 g/mol. The summed E-state index contributed by atoms with van der Waals surface area (Å²) in [4.78, 5) is 17.9. The predicted molar refractivity (Wildman–Crippen MR) is 116 cm³/mol. The van der Waals surface area contributed by atoms with Crippen molar-refractivity contribution in [3.63, 3.8) is 0 Å². The highest BCUT2D eigenvalue weighted by Crippen LogP contribution is 2.39. The lowest BCUT2D eigenvalue weighted by atomic mass is 10.2. The number of rotatable bonds is 7. The number of nitrogens with one attached hydrogen (secondary N) is 1. The van der Waals surface area contributed by atoms with Gasteiger partial charge in [0.15, 0.2) is 12.4 Å². The van der Waals surface area contributed by atoms with Crippen molar-refractivity contribution in [3.05, 3.63) is 53.1 Å². The first kappa shape index (κ1) is 21.9. The summed E-state index contributed by atoms with van der Waals surface area (Å²) in [5.41, 5.74) is 0.620. The third-order valence-electron chi connectivity index (χ3n) is 4.68. The van der Waals surface area contributed by atoms with E-state index in [1.54, 1.807) is 18.2 Å². The third kappa shape index (κ3) is 4.34. The second-order valence-electron chi connectivity index (χ2n) is 6.81. The van der Waals surface area contributed by atoms with Crippen LogP contribution in [-0.2, 0) is 27.8 Å². The van der Waals surface area contributed by atoms with Crippen LogP contribution in [0.4, 0.5) is 11.4 Å². The zero-order valence-corrected chi connectivity index (χ0v) is 18.7. The van der Waals surface area contributed by atoms with Crippen molar-refractivity contribution in [3.8, 4) is 11.5 Å². The number of carbonyl (C=O) groups excluding carboxylic acids is 1. The molecule has 1 aliphatic rings. The number of carbonyl (C=O) groups is 1. The predicted octanol–water partition coefficient (Wildman–Crippen LogP) is 3.02. The van der Waals surface area contributed by atoms with Crippen LogP contribution in [0.2, 0.25) is 5.02 Å². The number of ether oxygens (including phenoxy) is 2. The van der Waals surface area contributed by atoms with Gasteiger partial charge in [-0.05, 0) is 18.2 Å². The second-order valence-corrected chi connectivity index (χ2v) is 8.87. The number of nitrogens with zero attached hydrogens (tertiary/aromatic N) is 3. The zero-order valence-electron chi connectivity index (χ0n) is 17.2. The number of methoxy groups -OCH3 is 1. The molecule has 168 valence electrons. The van der Waals surface area contributed by atoms with E-state index in [4.69, 9.17) is 25.6 Å². The Kier molecular flexibility index (Phi) is 5.94. The van der Waals surface area contributed by atoms with Gasteiger partial charge in [-0.1, -0.05) is 29.7 Å². The smallest absolute Gasteiger partial charge is 0.265 e. The number of benzene rings is 2. The van der Waals surface area contributed by atoms with E-state index in [0.29, 0.717) is 35.3 Å². The molecule has 0 saturated heterocycles. The Morgan fingerprint density at radius 1 is 1.28 bits per heavy atom. The molecule has 0 atom stereocenters. The molecule has 3 aromatic rings. The molecular formula is C20H19ClN4O6S. The van der Waals surface area contributed by atoms with Crippen LogP contribution < -0.4 is 19.1 Å². The molecule has 0 radical (unpaired) electrons. The molecule has 10 nitrogen and oxygen atoms in total. The van der Waals surface area contributed by atoms with E-state index in [0.717, 1.165) is 0 Å². The Hall–Kier alpha value is -3.31. The first-order valence-electron chi connectivity index (χ1n) is 9.55. The molecule has 4 rings (SSSR count). The third-order valence-corrected chi connectivity index (χ3v) is 6.53. The quantitative estimate of drug-likeness (QED) is 0.549. The number of amides is 1. The van der Waals surface area contributed by atoms with Gasteiger partial charge >= 0.3 is 0 Å². The highest BCUT2D eigenvalue weighted by atomic mass is 35.5. The minimum absolute atomic E-state index is 0.0309. The number of hydrogen-bond donors (Lipinski definition) is 1. The van der Waals surface area contributed by atoms with Crippen molar-refractivity contribution in [2.75, 3.05) is 23.3 Å². The van der Waals surface area contributed by atoms with Gasteiger partial charge in [-0.15, -0.1) is 0 Å². The van der Waals surface area contributed by atoms with Gasteiger partial charge < -0.3 is 14.0 Å². The Morgan fingerprint density at radius 2 is 2.09 bits per heavy atom. The van der Waals surface area contributed by atoms with E-state index in [9.17, 15) is 13.2 Å². The molecule has 0 saturated carbocycles. The average molecular weight is 479 g/mol. The van der Waals surface area contributed by atoms with E-state index in [-0.39, 0.29) is 34.7 Å². The summed E-state index contributed by atoms with van der Waals surface area (Å²) >= 11 is 6.33. The molecule has 0 unspecified atom stereocenters. The van der Waals surface area contributed by atoms with Crippen LogP contribution in [0, 0.1) is 0 Å². The van der Waals surface area contributed by atoms with Crippen LogP contribution >= 0.6 is 11.6 Å². The van der Waals surface area contributed by atoms with Gasteiger partial charge in [-0.2, -0.15) is 4.98 Å². The number of sulfonamides is 1. The maximum Gasteiger partial charge on any atom is 0.265 e. The molecule has 2 heterocycles. The molecule has 0 fully saturated rings. The second kappa shape index (κ2) is 8.67. The normalized spacial score (nSPS) is 13.5. The van der Waals surface area contributed by atoms with Gasteiger partial charge in [0, 0.05) is 18.6 Å². The Balaban J connectivity index is 1.66. The van der Waals surface area contributed by atoms with Crippen LogP contribution in [0.15, 0.2) is 45.8 Å². The summed E-state index contributed by atoms with van der Waals surface area (Å²) in [6.07, 6.45) is 0.563. The monoisotopic (exact) mass is 478 g/mol. The van der Waals surface area contributed by atoms with E-state index in [1.165, 1.54) is 30.2 Å². The van der Waals surface area contributed by atoms with Gasteiger partial charge in [0.1, 0.15) is 16.4 Å². The van der Waals surface area contributed by atoms with Crippen LogP contribution in [0.1, 0.15) is 18.6 Å². The summed E-state index contributed by atoms with van der Waals surface area (Å²) in [5.74, 6) is 1.10. The van der Waals surface area contributed by atoms with E-state index in [2.05, 4.69) is 14.9 Å². The van der Waals surface area contributed by atoms with Crippen molar-refractivity contribution >= 4 is 38.9 Å². The molecule has 1 N–H and O–H groups in total. The summed E-state index contributed by atoms with van der Waals surface area (Å²) in [7, 11) is -2.57. The summed E-state index contributed by atoms with van der Waals surface area (Å²) in [5, 5.41) is 3.78. The number of hydrogen-bond acceptors (Lipinski definition) is 8. The maximum atomic E-state index is 13.0. The minimum Gasteiger partial charge on any atom is -0.497 e. The fourth-order valence-electron chi connectivity index (χ4n) is 3.12. The molecule has 1 amide bonds. The summed E-state index contributed by atoms with van der Waals surface area (Å²) in [6, 6.07) is 9.12. The lowest BCUT2D eigenvalue weighted by molar-refractivity contribution is -0.121. The Morgan fingerprint density at radius 3 is 2.81 bits per heavy atom. The first-order chi connectivity index (χ1) is 15.3. The van der Waals surface area contributed by atoms with Crippen LogP contribution in [-0.4, -0.2) is 38.2 Å². The number of aromatic nitrogens is 2. The topological polar surface area (TPSA) is 124 Å². The zero-order chi connectivity index (χ0) is 22.9. The van der Waals surface area contributed by atoms with E-state index >= 15 is 0 Å². The standard InChI is InChI=1S/C20H19ClN4O6S/c1-3-19-22-18(23-31-19)10-25-15-8-14(21)17(9-16(15)30-11-20(25)26)32(27,28)24-12-5-4-6-13(7-12)29-2/h4-9,24H,3,10-11H2,1-2H3. The van der Waals surface area contributed by atoms with Crippen molar-refractivity contribution < 1.29 is 27.2 Å². The fourth-order valence-corrected chi connectivity index (χ4v) is 4.71. The molecule has 1 aliphatic heterocycles. The summed E-state index contributed by atoms with van der Waals surface area (Å²) in [6.45, 7) is 1.63. The molecule has 0 bridgehead atoms. The van der Waals surface area contributed by atoms with Crippen LogP contribution in [0.25, 0.3) is 0 Å².